The van der Waals surface area contributed by atoms with Gasteiger partial charge in [0.25, 0.3) is 0 Å². The normalized spacial score (nSPS) is 20.8. The number of aryl methyl sites for hydroxylation is 1. The van der Waals surface area contributed by atoms with Gasteiger partial charge >= 0.3 is 0 Å². The molecule has 1 heterocycles. The SMILES string of the molecule is N#CC1(Cc2ccncc2Cl)CCc2ccccc21. The molecule has 2 nitrogen and oxygen atoms in total. The Hall–Kier alpha value is -1.85. The van der Waals surface area contributed by atoms with Crippen molar-refractivity contribution in [3.05, 3.63) is 64.4 Å². The van der Waals surface area contributed by atoms with Crippen molar-refractivity contribution in [2.45, 2.75) is 24.7 Å². The van der Waals surface area contributed by atoms with Crippen LogP contribution in [0.1, 0.15) is 23.1 Å². The van der Waals surface area contributed by atoms with Crippen molar-refractivity contribution in [1.29, 1.82) is 5.26 Å². The third-order valence-electron chi connectivity index (χ3n) is 3.92. The molecule has 0 amide bonds. The minimum Gasteiger partial charge on any atom is -0.263 e. The lowest BCUT2D eigenvalue weighted by atomic mass is 9.78. The van der Waals surface area contributed by atoms with E-state index in [2.05, 4.69) is 23.2 Å². The van der Waals surface area contributed by atoms with E-state index in [0.717, 1.165) is 24.0 Å². The maximum atomic E-state index is 9.71. The highest BCUT2D eigenvalue weighted by Crippen LogP contribution is 2.41. The van der Waals surface area contributed by atoms with Crippen LogP contribution in [0, 0.1) is 11.3 Å². The molecule has 0 saturated heterocycles. The van der Waals surface area contributed by atoms with Crippen molar-refractivity contribution >= 4 is 11.6 Å². The van der Waals surface area contributed by atoms with E-state index in [-0.39, 0.29) is 0 Å². The first-order valence-electron chi connectivity index (χ1n) is 6.33. The summed E-state index contributed by atoms with van der Waals surface area (Å²) in [6, 6.07) is 12.7. The third kappa shape index (κ3) is 2.01. The molecule has 1 aliphatic carbocycles. The van der Waals surface area contributed by atoms with E-state index in [4.69, 9.17) is 11.6 Å². The minimum atomic E-state index is -0.443. The van der Waals surface area contributed by atoms with Gasteiger partial charge < -0.3 is 0 Å². The second-order valence-electron chi connectivity index (χ2n) is 4.99. The van der Waals surface area contributed by atoms with Gasteiger partial charge in [0, 0.05) is 12.4 Å². The molecule has 0 N–H and O–H groups in total. The summed E-state index contributed by atoms with van der Waals surface area (Å²) in [5.41, 5.74) is 3.00. The van der Waals surface area contributed by atoms with E-state index in [0.29, 0.717) is 11.4 Å². The van der Waals surface area contributed by atoms with Crippen LogP contribution in [0.4, 0.5) is 0 Å². The number of nitrogens with zero attached hydrogens (tertiary/aromatic N) is 2. The maximum Gasteiger partial charge on any atom is 0.0868 e. The number of fused-ring (bicyclic) bond motifs is 1. The van der Waals surface area contributed by atoms with Crippen molar-refractivity contribution in [3.8, 4) is 6.07 Å². The van der Waals surface area contributed by atoms with Crippen LogP contribution in [0.3, 0.4) is 0 Å². The molecular weight excluding hydrogens is 256 g/mol. The Balaban J connectivity index is 2.04. The van der Waals surface area contributed by atoms with Gasteiger partial charge in [0.15, 0.2) is 0 Å². The van der Waals surface area contributed by atoms with Crippen LogP contribution in [-0.2, 0) is 18.3 Å². The first kappa shape index (κ1) is 12.2. The fourth-order valence-corrected chi connectivity index (χ4v) is 3.09. The molecule has 0 radical (unpaired) electrons. The van der Waals surface area contributed by atoms with E-state index in [1.54, 1.807) is 12.4 Å². The monoisotopic (exact) mass is 268 g/mol. The molecule has 0 fully saturated rings. The molecular formula is C16H13ClN2. The standard InChI is InChI=1S/C16H13ClN2/c17-15-10-19-8-6-13(15)9-16(11-18)7-5-12-3-1-2-4-14(12)16/h1-4,6,8,10H,5,7,9H2. The van der Waals surface area contributed by atoms with Crippen LogP contribution in [0.2, 0.25) is 5.02 Å². The predicted octanol–water partition coefficient (Wildman–Crippen LogP) is 3.69. The van der Waals surface area contributed by atoms with Gasteiger partial charge in [-0.25, -0.2) is 0 Å². The van der Waals surface area contributed by atoms with E-state index in [1.165, 1.54) is 5.56 Å². The van der Waals surface area contributed by atoms with Gasteiger partial charge in [-0.2, -0.15) is 5.26 Å². The molecule has 3 rings (SSSR count). The van der Waals surface area contributed by atoms with Gasteiger partial charge in [0.2, 0.25) is 0 Å². The van der Waals surface area contributed by atoms with Crippen molar-refractivity contribution in [3.63, 3.8) is 0 Å². The van der Waals surface area contributed by atoms with Gasteiger partial charge in [0.05, 0.1) is 16.5 Å². The van der Waals surface area contributed by atoms with E-state index >= 15 is 0 Å². The highest BCUT2D eigenvalue weighted by Gasteiger charge is 2.39. The molecule has 1 aromatic heterocycles. The number of hydrogen-bond donors (Lipinski definition) is 0. The van der Waals surface area contributed by atoms with Gasteiger partial charge in [-0.1, -0.05) is 35.9 Å². The fourth-order valence-electron chi connectivity index (χ4n) is 2.90. The highest BCUT2D eigenvalue weighted by atomic mass is 35.5. The molecule has 0 aliphatic heterocycles. The number of hydrogen-bond acceptors (Lipinski definition) is 2. The number of rotatable bonds is 2. The third-order valence-corrected chi connectivity index (χ3v) is 4.26. The van der Waals surface area contributed by atoms with E-state index in [9.17, 15) is 5.26 Å². The first-order chi connectivity index (χ1) is 9.25. The molecule has 94 valence electrons. The largest absolute Gasteiger partial charge is 0.263 e. The number of benzene rings is 1. The summed E-state index contributed by atoms with van der Waals surface area (Å²) in [4.78, 5) is 4.00. The van der Waals surface area contributed by atoms with Crippen LogP contribution >= 0.6 is 11.6 Å². The van der Waals surface area contributed by atoms with E-state index < -0.39 is 5.41 Å². The Bertz CT molecular complexity index is 660. The number of halogens is 1. The number of aromatic nitrogens is 1. The zero-order valence-corrected chi connectivity index (χ0v) is 11.2. The van der Waals surface area contributed by atoms with E-state index in [1.807, 2.05) is 18.2 Å². The lowest BCUT2D eigenvalue weighted by Gasteiger charge is -2.22. The first-order valence-corrected chi connectivity index (χ1v) is 6.71. The Morgan fingerprint density at radius 2 is 2.16 bits per heavy atom. The Labute approximate surface area is 117 Å². The topological polar surface area (TPSA) is 36.7 Å². The van der Waals surface area contributed by atoms with Gasteiger partial charge in [0.1, 0.15) is 0 Å². The second kappa shape index (κ2) is 4.68. The predicted molar refractivity (Wildman–Crippen MR) is 75.0 cm³/mol. The van der Waals surface area contributed by atoms with Crippen LogP contribution in [-0.4, -0.2) is 4.98 Å². The van der Waals surface area contributed by atoms with Crippen LogP contribution in [0.25, 0.3) is 0 Å². The summed E-state index contributed by atoms with van der Waals surface area (Å²) < 4.78 is 0. The van der Waals surface area contributed by atoms with Crippen LogP contribution in [0.15, 0.2) is 42.7 Å². The van der Waals surface area contributed by atoms with Crippen molar-refractivity contribution in [2.75, 3.05) is 0 Å². The quantitative estimate of drug-likeness (QED) is 0.833. The summed E-state index contributed by atoms with van der Waals surface area (Å²) in [6.07, 6.45) is 5.85. The Kier molecular flexibility index (Phi) is 3.00. The number of nitriles is 1. The second-order valence-corrected chi connectivity index (χ2v) is 5.40. The van der Waals surface area contributed by atoms with Gasteiger partial charge in [-0.15, -0.1) is 0 Å². The molecule has 19 heavy (non-hydrogen) atoms. The lowest BCUT2D eigenvalue weighted by Crippen LogP contribution is -2.24. The minimum absolute atomic E-state index is 0.443. The van der Waals surface area contributed by atoms with Crippen LogP contribution in [0.5, 0.6) is 0 Å². The molecule has 1 unspecified atom stereocenters. The zero-order chi connectivity index (χ0) is 13.3. The zero-order valence-electron chi connectivity index (χ0n) is 10.4. The molecule has 1 atom stereocenters. The Morgan fingerprint density at radius 1 is 1.32 bits per heavy atom. The summed E-state index contributed by atoms with van der Waals surface area (Å²) in [5, 5.41) is 10.3. The summed E-state index contributed by atoms with van der Waals surface area (Å²) in [5.74, 6) is 0. The maximum absolute atomic E-state index is 9.71. The highest BCUT2D eigenvalue weighted by molar-refractivity contribution is 6.31. The summed E-state index contributed by atoms with van der Waals surface area (Å²) in [6.45, 7) is 0. The average Bonchev–Trinajstić information content (AvgIpc) is 2.81. The van der Waals surface area contributed by atoms with Crippen molar-refractivity contribution in [1.82, 2.24) is 4.98 Å². The van der Waals surface area contributed by atoms with Crippen molar-refractivity contribution < 1.29 is 0 Å². The Morgan fingerprint density at radius 3 is 2.95 bits per heavy atom. The molecule has 2 aromatic rings. The lowest BCUT2D eigenvalue weighted by molar-refractivity contribution is 0.541. The van der Waals surface area contributed by atoms with Gasteiger partial charge in [-0.05, 0) is 42.0 Å². The smallest absolute Gasteiger partial charge is 0.0868 e. The summed E-state index contributed by atoms with van der Waals surface area (Å²) >= 11 is 6.18. The molecule has 1 aliphatic rings. The average molecular weight is 269 g/mol. The fraction of sp³-hybridized carbons (Fsp3) is 0.250. The molecule has 1 aromatic carbocycles. The number of pyridine rings is 1. The van der Waals surface area contributed by atoms with Gasteiger partial charge in [-0.3, -0.25) is 4.98 Å². The molecule has 3 heteroatoms. The molecule has 0 saturated carbocycles. The molecule has 0 spiro atoms. The van der Waals surface area contributed by atoms with Crippen LogP contribution < -0.4 is 0 Å². The summed E-state index contributed by atoms with van der Waals surface area (Å²) in [7, 11) is 0. The molecule has 0 bridgehead atoms. The van der Waals surface area contributed by atoms with Crippen molar-refractivity contribution in [2.24, 2.45) is 0 Å².